The maximum atomic E-state index is 12.5. The first-order chi connectivity index (χ1) is 10.8. The molecule has 2 unspecified atom stereocenters. The van der Waals surface area contributed by atoms with Crippen molar-refractivity contribution in [2.45, 2.75) is 55.2 Å². The number of carbonyl (C=O) groups excluding carboxylic acids is 1. The minimum atomic E-state index is -0.586. The molecule has 116 valence electrons. The second-order valence-corrected chi connectivity index (χ2v) is 6.81. The Morgan fingerprint density at radius 3 is 2.64 bits per heavy atom. The van der Waals surface area contributed by atoms with Crippen molar-refractivity contribution in [1.82, 2.24) is 4.90 Å². The summed E-state index contributed by atoms with van der Waals surface area (Å²) < 4.78 is 11.5. The zero-order chi connectivity index (χ0) is 14.8. The molecule has 4 saturated heterocycles. The summed E-state index contributed by atoms with van der Waals surface area (Å²) in [5.74, 6) is -0.894. The Bertz CT molecular complexity index is 606. The van der Waals surface area contributed by atoms with Crippen LogP contribution in [-0.4, -0.2) is 59.0 Å². The Morgan fingerprint density at radius 1 is 1.23 bits per heavy atom. The molecule has 22 heavy (non-hydrogen) atoms. The fraction of sp³-hybridized carbons (Fsp3) is 0.588. The van der Waals surface area contributed by atoms with Gasteiger partial charge in [0, 0.05) is 24.5 Å². The van der Waals surface area contributed by atoms with Crippen molar-refractivity contribution in [2.75, 3.05) is 6.61 Å². The van der Waals surface area contributed by atoms with Gasteiger partial charge in [-0.15, -0.1) is 0 Å². The second kappa shape index (κ2) is 4.54. The van der Waals surface area contributed by atoms with Crippen molar-refractivity contribution in [3.8, 4) is 0 Å². The summed E-state index contributed by atoms with van der Waals surface area (Å²) in [7, 11) is 0. The molecule has 1 aromatic carbocycles. The Hall–Kier alpha value is -1.43. The molecule has 4 fully saturated rings. The van der Waals surface area contributed by atoms with Gasteiger partial charge in [-0.05, 0) is 12.0 Å². The van der Waals surface area contributed by atoms with E-state index in [9.17, 15) is 9.90 Å². The van der Waals surface area contributed by atoms with Gasteiger partial charge in [0.15, 0.2) is 0 Å². The first kappa shape index (κ1) is 13.0. The number of hydrogen-bond donors (Lipinski definition) is 1. The predicted octanol–water partition coefficient (Wildman–Crippen LogP) is 0.670. The third-order valence-corrected chi connectivity index (χ3v) is 5.79. The number of hydrogen-bond acceptors (Lipinski definition) is 5. The highest BCUT2D eigenvalue weighted by Crippen LogP contribution is 2.56. The zero-order valence-electron chi connectivity index (χ0n) is 12.2. The van der Waals surface area contributed by atoms with E-state index in [0.717, 1.165) is 18.4 Å². The number of aliphatic hydroxyl groups excluding tert-OH is 1. The molecule has 4 heterocycles. The van der Waals surface area contributed by atoms with Gasteiger partial charge in [0.05, 0.1) is 6.61 Å². The minimum absolute atomic E-state index is 0.0448. The number of epoxide rings is 1. The van der Waals surface area contributed by atoms with Crippen LogP contribution >= 0.6 is 0 Å². The predicted molar refractivity (Wildman–Crippen MR) is 77.2 cm³/mol. The highest BCUT2D eigenvalue weighted by Gasteiger charge is 2.71. The smallest absolute Gasteiger partial charge is 0.316 e. The summed E-state index contributed by atoms with van der Waals surface area (Å²) in [4.78, 5) is 15.0. The fourth-order valence-electron chi connectivity index (χ4n) is 4.67. The lowest BCUT2D eigenvalue weighted by Gasteiger charge is -2.44. The average molecular weight is 301 g/mol. The van der Waals surface area contributed by atoms with Crippen LogP contribution in [0.2, 0.25) is 0 Å². The van der Waals surface area contributed by atoms with Crippen LogP contribution in [0.4, 0.5) is 0 Å². The Balaban J connectivity index is 1.29. The normalized spacial score (nSPS) is 42.2. The first-order valence-corrected chi connectivity index (χ1v) is 8.07. The number of esters is 1. The van der Waals surface area contributed by atoms with E-state index in [0.29, 0.717) is 30.3 Å². The molecule has 0 saturated carbocycles. The largest absolute Gasteiger partial charge is 0.460 e. The van der Waals surface area contributed by atoms with Gasteiger partial charge >= 0.3 is 5.97 Å². The molecule has 5 rings (SSSR count). The van der Waals surface area contributed by atoms with Crippen molar-refractivity contribution in [3.63, 3.8) is 0 Å². The highest BCUT2D eigenvalue weighted by molar-refractivity contribution is 5.78. The van der Waals surface area contributed by atoms with Crippen LogP contribution in [0.3, 0.4) is 0 Å². The van der Waals surface area contributed by atoms with Crippen LogP contribution in [0, 0.1) is 0 Å². The number of rotatable bonds is 4. The molecule has 4 aliphatic heterocycles. The average Bonchev–Trinajstić information content (AvgIpc) is 3.14. The third kappa shape index (κ3) is 1.67. The van der Waals surface area contributed by atoms with Crippen LogP contribution in [0.15, 0.2) is 30.3 Å². The number of carbonyl (C=O) groups is 1. The molecule has 1 N–H and O–H groups in total. The fourth-order valence-corrected chi connectivity index (χ4v) is 4.67. The quantitative estimate of drug-likeness (QED) is 0.654. The van der Waals surface area contributed by atoms with Crippen LogP contribution in [0.5, 0.6) is 0 Å². The van der Waals surface area contributed by atoms with E-state index >= 15 is 0 Å². The second-order valence-electron chi connectivity index (χ2n) is 6.81. The van der Waals surface area contributed by atoms with Gasteiger partial charge in [-0.1, -0.05) is 30.3 Å². The molecule has 1 aromatic rings. The summed E-state index contributed by atoms with van der Waals surface area (Å²) in [6.45, 7) is -0.218. The van der Waals surface area contributed by atoms with Crippen molar-refractivity contribution >= 4 is 5.97 Å². The lowest BCUT2D eigenvalue weighted by atomic mass is 9.90. The summed E-state index contributed by atoms with van der Waals surface area (Å²) in [6, 6.07) is 10.7. The Morgan fingerprint density at radius 2 is 1.95 bits per heavy atom. The van der Waals surface area contributed by atoms with Gasteiger partial charge in [0.1, 0.15) is 24.2 Å². The molecule has 0 radical (unpaired) electrons. The maximum Gasteiger partial charge on any atom is 0.316 e. The molecule has 4 aliphatic rings. The van der Waals surface area contributed by atoms with Gasteiger partial charge in [-0.3, -0.25) is 9.69 Å². The number of aliphatic hydroxyl groups is 1. The number of ether oxygens (including phenoxy) is 2. The van der Waals surface area contributed by atoms with Crippen LogP contribution in [0.1, 0.15) is 24.3 Å². The monoisotopic (exact) mass is 301 g/mol. The summed E-state index contributed by atoms with van der Waals surface area (Å²) in [5, 5.41) is 9.58. The maximum absolute atomic E-state index is 12.5. The van der Waals surface area contributed by atoms with Crippen molar-refractivity contribution in [2.24, 2.45) is 0 Å². The minimum Gasteiger partial charge on any atom is -0.460 e. The molecule has 7 atom stereocenters. The molecule has 5 heteroatoms. The summed E-state index contributed by atoms with van der Waals surface area (Å²) >= 11 is 0. The Kier molecular flexibility index (Phi) is 2.69. The van der Waals surface area contributed by atoms with E-state index in [-0.39, 0.29) is 18.7 Å². The molecular weight excluding hydrogens is 282 g/mol. The number of nitrogens with zero attached hydrogens (tertiary/aromatic N) is 1. The van der Waals surface area contributed by atoms with Gasteiger partial charge in [-0.2, -0.15) is 0 Å². The lowest BCUT2D eigenvalue weighted by molar-refractivity contribution is -0.156. The van der Waals surface area contributed by atoms with Gasteiger partial charge in [-0.25, -0.2) is 0 Å². The van der Waals surface area contributed by atoms with Crippen LogP contribution in [-0.2, 0) is 14.3 Å². The van der Waals surface area contributed by atoms with Gasteiger partial charge in [0.25, 0.3) is 0 Å². The van der Waals surface area contributed by atoms with Crippen molar-refractivity contribution in [3.05, 3.63) is 35.9 Å². The van der Waals surface area contributed by atoms with Crippen molar-refractivity contribution < 1.29 is 19.4 Å². The van der Waals surface area contributed by atoms with E-state index in [4.69, 9.17) is 9.47 Å². The van der Waals surface area contributed by atoms with E-state index in [1.807, 2.05) is 30.3 Å². The standard InChI is InChI=1S/C17H19NO4/c19-8-10(9-4-2-1-3-5-9)17(20)21-14-7-13-16-15(22-16)12-6-11(14)18(12)13/h1-5,10-16,19H,6-8H2/t10-,11?,12+,13-,14?,15+,16-/m0/s1. The SMILES string of the molecule is O=C(OC1C[C@H]2[C@@H]3O[C@@H]3[C@H]3CC1N32)[C@@H](CO)c1ccccc1. The van der Waals surface area contributed by atoms with Gasteiger partial charge < -0.3 is 14.6 Å². The van der Waals surface area contributed by atoms with Gasteiger partial charge in [0.2, 0.25) is 0 Å². The van der Waals surface area contributed by atoms with Crippen LogP contribution in [0.25, 0.3) is 0 Å². The molecule has 0 amide bonds. The van der Waals surface area contributed by atoms with E-state index in [1.54, 1.807) is 0 Å². The third-order valence-electron chi connectivity index (χ3n) is 5.79. The Labute approximate surface area is 128 Å². The van der Waals surface area contributed by atoms with Crippen LogP contribution < -0.4 is 0 Å². The molecule has 0 aromatic heterocycles. The molecular formula is C17H19NO4. The summed E-state index contributed by atoms with van der Waals surface area (Å²) in [6.07, 6.45) is 2.73. The number of fused-ring (bicyclic) bond motifs is 3. The van der Waals surface area contributed by atoms with E-state index in [1.165, 1.54) is 0 Å². The highest BCUT2D eigenvalue weighted by atomic mass is 16.6. The van der Waals surface area contributed by atoms with E-state index in [2.05, 4.69) is 4.90 Å². The molecule has 5 nitrogen and oxygen atoms in total. The lowest BCUT2D eigenvalue weighted by Crippen LogP contribution is -2.57. The molecule has 0 bridgehead atoms. The zero-order valence-corrected chi connectivity index (χ0v) is 12.2. The van der Waals surface area contributed by atoms with Crippen molar-refractivity contribution in [1.29, 1.82) is 0 Å². The summed E-state index contributed by atoms with van der Waals surface area (Å²) in [5.41, 5.74) is 0.811. The van der Waals surface area contributed by atoms with E-state index < -0.39 is 5.92 Å². The number of morpholine rings is 1. The first-order valence-electron chi connectivity index (χ1n) is 8.07. The number of benzene rings is 1. The molecule has 0 aliphatic carbocycles. The molecule has 0 spiro atoms. The topological polar surface area (TPSA) is 62.3 Å².